The number of fused-ring (bicyclic) bond motifs is 1. The first kappa shape index (κ1) is 20.7. The summed E-state index contributed by atoms with van der Waals surface area (Å²) in [6, 6.07) is 11.9. The average molecular weight is 435 g/mol. The lowest BCUT2D eigenvalue weighted by Crippen LogP contribution is -2.39. The van der Waals surface area contributed by atoms with Crippen molar-refractivity contribution in [2.75, 3.05) is 13.1 Å². The van der Waals surface area contributed by atoms with Crippen LogP contribution in [0.3, 0.4) is 0 Å². The number of hydrogen-bond acceptors (Lipinski definition) is 4. The first-order valence-corrected chi connectivity index (χ1v) is 11.3. The molecule has 0 bridgehead atoms. The minimum absolute atomic E-state index is 0.00896. The van der Waals surface area contributed by atoms with Crippen LogP contribution < -0.4 is 5.32 Å². The zero-order chi connectivity index (χ0) is 22.1. The molecule has 1 aliphatic heterocycles. The lowest BCUT2D eigenvalue weighted by Gasteiger charge is -2.31. The van der Waals surface area contributed by atoms with Crippen molar-refractivity contribution in [1.82, 2.24) is 15.2 Å². The van der Waals surface area contributed by atoms with Gasteiger partial charge in [-0.05, 0) is 55.9 Å². The summed E-state index contributed by atoms with van der Waals surface area (Å²) in [6.45, 7) is 1.43. The van der Waals surface area contributed by atoms with Gasteiger partial charge in [0, 0.05) is 43.1 Å². The number of carbonyl (C=O) groups is 2. The van der Waals surface area contributed by atoms with E-state index in [0.717, 1.165) is 42.7 Å². The van der Waals surface area contributed by atoms with Gasteiger partial charge >= 0.3 is 0 Å². The van der Waals surface area contributed by atoms with Gasteiger partial charge in [0.1, 0.15) is 11.3 Å². The van der Waals surface area contributed by atoms with Crippen molar-refractivity contribution in [3.8, 4) is 0 Å². The molecule has 6 nitrogen and oxygen atoms in total. The van der Waals surface area contributed by atoms with Gasteiger partial charge in [-0.1, -0.05) is 18.2 Å². The Kier molecular flexibility index (Phi) is 5.64. The molecule has 166 valence electrons. The number of carbonyl (C=O) groups excluding carboxylic acids is 2. The monoisotopic (exact) mass is 435 g/mol. The predicted octanol–water partition coefficient (Wildman–Crippen LogP) is 4.40. The highest BCUT2D eigenvalue weighted by Crippen LogP contribution is 2.40. The van der Waals surface area contributed by atoms with Crippen LogP contribution in [0.2, 0.25) is 0 Å². The van der Waals surface area contributed by atoms with Crippen LogP contribution in [0.15, 0.2) is 46.9 Å². The van der Waals surface area contributed by atoms with Crippen LogP contribution in [0.1, 0.15) is 59.8 Å². The number of rotatable bonds is 6. The van der Waals surface area contributed by atoms with E-state index in [0.29, 0.717) is 36.6 Å². The molecule has 0 spiro atoms. The number of oxazole rings is 1. The molecule has 3 aromatic rings. The van der Waals surface area contributed by atoms with Gasteiger partial charge in [-0.25, -0.2) is 9.37 Å². The highest BCUT2D eigenvalue weighted by Gasteiger charge is 2.29. The average Bonchev–Trinajstić information content (AvgIpc) is 3.57. The maximum absolute atomic E-state index is 13.7. The van der Waals surface area contributed by atoms with E-state index in [1.54, 1.807) is 24.3 Å². The number of hydrogen-bond donors (Lipinski definition) is 1. The van der Waals surface area contributed by atoms with Gasteiger partial charge in [-0.3, -0.25) is 9.59 Å². The molecule has 2 heterocycles. The molecule has 0 atom stereocenters. The second-order valence-electron chi connectivity index (χ2n) is 8.82. The molecule has 2 aromatic carbocycles. The Morgan fingerprint density at radius 3 is 2.62 bits per heavy atom. The summed E-state index contributed by atoms with van der Waals surface area (Å²) < 4.78 is 19.5. The maximum atomic E-state index is 13.7. The standard InChI is InChI=1S/C25H26FN3O3/c26-20-4-2-1-3-19(20)15-27-23(30)13-16-9-11-29(12-10-16)25(31)18-7-8-22-21(14-18)28-24(32-22)17-5-6-17/h1-4,7-8,14,16-17H,5-6,9-13,15H2,(H,27,30). The van der Waals surface area contributed by atoms with Gasteiger partial charge in [0.15, 0.2) is 11.5 Å². The number of halogens is 1. The molecule has 1 N–H and O–H groups in total. The second-order valence-corrected chi connectivity index (χ2v) is 8.82. The Morgan fingerprint density at radius 2 is 1.88 bits per heavy atom. The second kappa shape index (κ2) is 8.73. The van der Waals surface area contributed by atoms with Crippen LogP contribution in [-0.4, -0.2) is 34.8 Å². The van der Waals surface area contributed by atoms with Crippen LogP contribution in [0.4, 0.5) is 4.39 Å². The summed E-state index contributed by atoms with van der Waals surface area (Å²) in [7, 11) is 0. The normalized spacial score (nSPS) is 17.0. The quantitative estimate of drug-likeness (QED) is 0.623. The number of benzene rings is 2. The third-order valence-corrected chi connectivity index (χ3v) is 6.39. The van der Waals surface area contributed by atoms with Crippen molar-refractivity contribution in [3.05, 3.63) is 65.3 Å². The molecule has 5 rings (SSSR count). The smallest absolute Gasteiger partial charge is 0.253 e. The molecule has 0 unspecified atom stereocenters. The van der Waals surface area contributed by atoms with E-state index in [1.165, 1.54) is 6.07 Å². The molecule has 2 amide bonds. The zero-order valence-electron chi connectivity index (χ0n) is 17.9. The molecule has 1 saturated carbocycles. The van der Waals surface area contributed by atoms with Crippen molar-refractivity contribution in [2.24, 2.45) is 5.92 Å². The summed E-state index contributed by atoms with van der Waals surface area (Å²) in [5, 5.41) is 2.80. The Bertz CT molecular complexity index is 1150. The van der Waals surface area contributed by atoms with Crippen LogP contribution in [0.25, 0.3) is 11.1 Å². The molecular formula is C25H26FN3O3. The number of likely N-dealkylation sites (tertiary alicyclic amines) is 1. The first-order valence-electron chi connectivity index (χ1n) is 11.3. The highest BCUT2D eigenvalue weighted by atomic mass is 19.1. The highest BCUT2D eigenvalue weighted by molar-refractivity contribution is 5.97. The van der Waals surface area contributed by atoms with Crippen LogP contribution in [0, 0.1) is 11.7 Å². The minimum Gasteiger partial charge on any atom is -0.440 e. The van der Waals surface area contributed by atoms with Gasteiger partial charge < -0.3 is 14.6 Å². The van der Waals surface area contributed by atoms with Crippen LogP contribution in [0.5, 0.6) is 0 Å². The first-order chi connectivity index (χ1) is 15.6. The zero-order valence-corrected chi connectivity index (χ0v) is 17.9. The van der Waals surface area contributed by atoms with Gasteiger partial charge in [-0.2, -0.15) is 0 Å². The van der Waals surface area contributed by atoms with E-state index in [1.807, 2.05) is 17.0 Å². The third kappa shape index (κ3) is 4.52. The molecule has 2 aliphatic rings. The van der Waals surface area contributed by atoms with Gasteiger partial charge in [-0.15, -0.1) is 0 Å². The number of amides is 2. The van der Waals surface area contributed by atoms with E-state index < -0.39 is 0 Å². The minimum atomic E-state index is -0.313. The molecule has 0 radical (unpaired) electrons. The predicted molar refractivity (Wildman–Crippen MR) is 117 cm³/mol. The molecular weight excluding hydrogens is 409 g/mol. The molecule has 1 saturated heterocycles. The summed E-state index contributed by atoms with van der Waals surface area (Å²) >= 11 is 0. The van der Waals surface area contributed by atoms with E-state index in [2.05, 4.69) is 10.3 Å². The molecule has 1 aliphatic carbocycles. The van der Waals surface area contributed by atoms with E-state index in [9.17, 15) is 14.0 Å². The topological polar surface area (TPSA) is 75.4 Å². The molecule has 7 heteroatoms. The molecule has 32 heavy (non-hydrogen) atoms. The lowest BCUT2D eigenvalue weighted by atomic mass is 9.92. The van der Waals surface area contributed by atoms with Crippen molar-refractivity contribution >= 4 is 22.9 Å². The van der Waals surface area contributed by atoms with Crippen LogP contribution >= 0.6 is 0 Å². The fourth-order valence-corrected chi connectivity index (χ4v) is 4.28. The molecule has 1 aromatic heterocycles. The number of nitrogens with zero attached hydrogens (tertiary/aromatic N) is 2. The van der Waals surface area contributed by atoms with Crippen molar-refractivity contribution in [3.63, 3.8) is 0 Å². The summed E-state index contributed by atoms with van der Waals surface area (Å²) in [5.74, 6) is 1.03. The summed E-state index contributed by atoms with van der Waals surface area (Å²) in [5.41, 5.74) is 2.56. The van der Waals surface area contributed by atoms with E-state index in [4.69, 9.17) is 4.42 Å². The Morgan fingerprint density at radius 1 is 1.09 bits per heavy atom. The summed E-state index contributed by atoms with van der Waals surface area (Å²) in [6.07, 6.45) is 4.18. The van der Waals surface area contributed by atoms with E-state index >= 15 is 0 Å². The van der Waals surface area contributed by atoms with Crippen molar-refractivity contribution < 1.29 is 18.4 Å². The van der Waals surface area contributed by atoms with E-state index in [-0.39, 0.29) is 30.1 Å². The summed E-state index contributed by atoms with van der Waals surface area (Å²) in [4.78, 5) is 31.6. The lowest BCUT2D eigenvalue weighted by molar-refractivity contribution is -0.122. The third-order valence-electron chi connectivity index (χ3n) is 6.39. The van der Waals surface area contributed by atoms with Crippen molar-refractivity contribution in [1.29, 1.82) is 0 Å². The van der Waals surface area contributed by atoms with Crippen LogP contribution in [-0.2, 0) is 11.3 Å². The largest absolute Gasteiger partial charge is 0.440 e. The number of nitrogens with one attached hydrogen (secondary N) is 1. The van der Waals surface area contributed by atoms with Gasteiger partial charge in [0.25, 0.3) is 5.91 Å². The maximum Gasteiger partial charge on any atom is 0.253 e. The Balaban J connectivity index is 1.12. The van der Waals surface area contributed by atoms with Crippen molar-refractivity contribution in [2.45, 2.75) is 44.6 Å². The Labute approximate surface area is 185 Å². The van der Waals surface area contributed by atoms with Gasteiger partial charge in [0.2, 0.25) is 5.91 Å². The SMILES string of the molecule is O=C(CC1CCN(C(=O)c2ccc3oc(C4CC4)nc3c2)CC1)NCc1ccccc1F. The number of aromatic nitrogens is 1. The number of piperidine rings is 1. The molecule has 2 fully saturated rings. The van der Waals surface area contributed by atoms with Gasteiger partial charge in [0.05, 0.1) is 0 Å². The fraction of sp³-hybridized carbons (Fsp3) is 0.400. The Hall–Kier alpha value is -3.22. The fourth-order valence-electron chi connectivity index (χ4n) is 4.28.